The van der Waals surface area contributed by atoms with E-state index in [0.717, 1.165) is 36.8 Å². The molecular formula is C15H23N3OS. The van der Waals surface area contributed by atoms with Gasteiger partial charge in [-0.2, -0.15) is 0 Å². The van der Waals surface area contributed by atoms with Crippen molar-refractivity contribution in [3.63, 3.8) is 0 Å². The van der Waals surface area contributed by atoms with Gasteiger partial charge in [0, 0.05) is 17.5 Å². The van der Waals surface area contributed by atoms with Crippen LogP contribution in [0.25, 0.3) is 0 Å². The summed E-state index contributed by atoms with van der Waals surface area (Å²) in [7, 11) is 2.10. The van der Waals surface area contributed by atoms with Crippen molar-refractivity contribution >= 4 is 11.3 Å². The van der Waals surface area contributed by atoms with Crippen LogP contribution in [0.1, 0.15) is 35.9 Å². The lowest BCUT2D eigenvalue weighted by Crippen LogP contribution is -2.21. The molecule has 0 fully saturated rings. The molecule has 2 heterocycles. The molecule has 110 valence electrons. The minimum Gasteiger partial charge on any atom is -0.463 e. The number of hydrogen-bond donors (Lipinski definition) is 1. The molecule has 0 aliphatic heterocycles. The number of hydrogen-bond acceptors (Lipinski definition) is 5. The van der Waals surface area contributed by atoms with E-state index in [4.69, 9.17) is 4.42 Å². The Morgan fingerprint density at radius 2 is 2.05 bits per heavy atom. The van der Waals surface area contributed by atoms with E-state index in [0.29, 0.717) is 6.04 Å². The molecule has 20 heavy (non-hydrogen) atoms. The van der Waals surface area contributed by atoms with Crippen molar-refractivity contribution in [2.45, 2.75) is 46.4 Å². The molecule has 0 amide bonds. The number of aromatic nitrogens is 1. The second-order valence-corrected chi connectivity index (χ2v) is 6.38. The number of aryl methyl sites for hydroxylation is 1. The van der Waals surface area contributed by atoms with Crippen molar-refractivity contribution in [2.24, 2.45) is 0 Å². The highest BCUT2D eigenvalue weighted by Gasteiger charge is 2.09. The van der Waals surface area contributed by atoms with Crippen LogP contribution in [0.15, 0.2) is 22.1 Å². The first-order chi connectivity index (χ1) is 9.54. The molecule has 1 N–H and O–H groups in total. The lowest BCUT2D eigenvalue weighted by molar-refractivity contribution is 0.283. The quantitative estimate of drug-likeness (QED) is 0.851. The van der Waals surface area contributed by atoms with Crippen molar-refractivity contribution in [2.75, 3.05) is 7.05 Å². The summed E-state index contributed by atoms with van der Waals surface area (Å²) in [6, 6.07) is 4.59. The topological polar surface area (TPSA) is 41.3 Å². The van der Waals surface area contributed by atoms with Crippen LogP contribution in [0.5, 0.6) is 0 Å². The Balaban J connectivity index is 1.85. The van der Waals surface area contributed by atoms with Gasteiger partial charge in [-0.25, -0.2) is 4.98 Å². The minimum atomic E-state index is 0.473. The highest BCUT2D eigenvalue weighted by atomic mass is 32.1. The lowest BCUT2D eigenvalue weighted by Gasteiger charge is -2.14. The van der Waals surface area contributed by atoms with E-state index in [9.17, 15) is 0 Å². The summed E-state index contributed by atoms with van der Waals surface area (Å²) in [6.45, 7) is 8.84. The second-order valence-electron chi connectivity index (χ2n) is 5.44. The Labute approximate surface area is 124 Å². The predicted molar refractivity (Wildman–Crippen MR) is 82.7 cm³/mol. The van der Waals surface area contributed by atoms with Crippen LogP contribution in [0.4, 0.5) is 0 Å². The van der Waals surface area contributed by atoms with Gasteiger partial charge in [-0.05, 0) is 26.1 Å². The second kappa shape index (κ2) is 7.02. The Hall–Kier alpha value is -1.17. The maximum Gasteiger partial charge on any atom is 0.118 e. The Morgan fingerprint density at radius 3 is 2.70 bits per heavy atom. The smallest absolute Gasteiger partial charge is 0.118 e. The molecule has 0 radical (unpaired) electrons. The van der Waals surface area contributed by atoms with Gasteiger partial charge >= 0.3 is 0 Å². The first kappa shape index (κ1) is 15.2. The van der Waals surface area contributed by atoms with Gasteiger partial charge in [0.2, 0.25) is 0 Å². The lowest BCUT2D eigenvalue weighted by atomic mass is 10.3. The Morgan fingerprint density at radius 1 is 1.30 bits per heavy atom. The zero-order valence-corrected chi connectivity index (χ0v) is 13.5. The van der Waals surface area contributed by atoms with Crippen molar-refractivity contribution in [1.29, 1.82) is 0 Å². The zero-order valence-electron chi connectivity index (χ0n) is 12.6. The molecule has 4 nitrogen and oxygen atoms in total. The number of nitrogens with one attached hydrogen (secondary N) is 1. The van der Waals surface area contributed by atoms with Crippen LogP contribution in [-0.4, -0.2) is 23.0 Å². The molecule has 2 aromatic rings. The summed E-state index contributed by atoms with van der Waals surface area (Å²) < 4.78 is 5.84. The molecule has 0 bridgehead atoms. The first-order valence-electron chi connectivity index (χ1n) is 6.93. The standard InChI is InChI=1S/C15H23N3OS/c1-11(2)16-7-13-5-6-14(19-13)8-18(4)9-15-12(3)17-10-20-15/h5-6,10-11,16H,7-9H2,1-4H3. The summed E-state index contributed by atoms with van der Waals surface area (Å²) in [5.41, 5.74) is 3.03. The fraction of sp³-hybridized carbons (Fsp3) is 0.533. The van der Waals surface area contributed by atoms with Gasteiger partial charge in [0.1, 0.15) is 11.5 Å². The minimum absolute atomic E-state index is 0.473. The molecule has 0 saturated heterocycles. The number of rotatable bonds is 7. The van der Waals surface area contributed by atoms with E-state index >= 15 is 0 Å². The third-order valence-electron chi connectivity index (χ3n) is 3.09. The summed E-state index contributed by atoms with van der Waals surface area (Å²) in [5, 5.41) is 3.36. The Bertz CT molecular complexity index is 533. The molecule has 0 aliphatic rings. The highest BCUT2D eigenvalue weighted by Crippen LogP contribution is 2.16. The van der Waals surface area contributed by atoms with Crippen LogP contribution < -0.4 is 5.32 Å². The Kier molecular flexibility index (Phi) is 5.34. The largest absolute Gasteiger partial charge is 0.463 e. The van der Waals surface area contributed by atoms with Crippen LogP contribution in [0.3, 0.4) is 0 Å². The van der Waals surface area contributed by atoms with Gasteiger partial charge in [-0.3, -0.25) is 4.90 Å². The maximum atomic E-state index is 5.84. The van der Waals surface area contributed by atoms with E-state index in [1.54, 1.807) is 11.3 Å². The number of furan rings is 1. The van der Waals surface area contributed by atoms with Gasteiger partial charge < -0.3 is 9.73 Å². The number of thiazole rings is 1. The SMILES string of the molecule is Cc1ncsc1CN(C)Cc1ccc(CNC(C)C)o1. The number of nitrogens with zero attached hydrogens (tertiary/aromatic N) is 2. The van der Waals surface area contributed by atoms with Crippen molar-refractivity contribution < 1.29 is 4.42 Å². The molecular weight excluding hydrogens is 270 g/mol. The molecule has 0 spiro atoms. The van der Waals surface area contributed by atoms with Crippen LogP contribution in [0.2, 0.25) is 0 Å². The van der Waals surface area contributed by atoms with E-state index in [-0.39, 0.29) is 0 Å². The third-order valence-corrected chi connectivity index (χ3v) is 4.01. The molecule has 5 heteroatoms. The van der Waals surface area contributed by atoms with E-state index < -0.39 is 0 Å². The molecule has 0 aliphatic carbocycles. The zero-order chi connectivity index (χ0) is 14.5. The fourth-order valence-electron chi connectivity index (χ4n) is 1.95. The fourth-order valence-corrected chi connectivity index (χ4v) is 2.81. The van der Waals surface area contributed by atoms with E-state index in [1.807, 2.05) is 5.51 Å². The summed E-state index contributed by atoms with van der Waals surface area (Å²) in [4.78, 5) is 7.85. The summed E-state index contributed by atoms with van der Waals surface area (Å²) >= 11 is 1.71. The van der Waals surface area contributed by atoms with Crippen LogP contribution in [-0.2, 0) is 19.6 Å². The molecule has 0 unspecified atom stereocenters. The molecule has 0 atom stereocenters. The van der Waals surface area contributed by atoms with Gasteiger partial charge in [0.25, 0.3) is 0 Å². The molecule has 2 rings (SSSR count). The van der Waals surface area contributed by atoms with Crippen molar-refractivity contribution in [1.82, 2.24) is 15.2 Å². The predicted octanol–water partition coefficient (Wildman–Crippen LogP) is 3.17. The summed E-state index contributed by atoms with van der Waals surface area (Å²) in [6.07, 6.45) is 0. The first-order valence-corrected chi connectivity index (χ1v) is 7.81. The van der Waals surface area contributed by atoms with Crippen molar-refractivity contribution in [3.05, 3.63) is 39.7 Å². The average Bonchev–Trinajstić information content (AvgIpc) is 2.97. The highest BCUT2D eigenvalue weighted by molar-refractivity contribution is 7.09. The monoisotopic (exact) mass is 293 g/mol. The summed E-state index contributed by atoms with van der Waals surface area (Å²) in [5.74, 6) is 2.01. The average molecular weight is 293 g/mol. The maximum absolute atomic E-state index is 5.84. The van der Waals surface area contributed by atoms with Gasteiger partial charge in [0.05, 0.1) is 24.3 Å². The van der Waals surface area contributed by atoms with Gasteiger partial charge in [-0.15, -0.1) is 11.3 Å². The third kappa shape index (κ3) is 4.44. The van der Waals surface area contributed by atoms with E-state index in [1.165, 1.54) is 4.88 Å². The van der Waals surface area contributed by atoms with Crippen LogP contribution >= 0.6 is 11.3 Å². The van der Waals surface area contributed by atoms with Gasteiger partial charge in [-0.1, -0.05) is 13.8 Å². The van der Waals surface area contributed by atoms with E-state index in [2.05, 4.69) is 55.2 Å². The molecule has 0 aromatic carbocycles. The normalized spacial score (nSPS) is 11.7. The van der Waals surface area contributed by atoms with Crippen LogP contribution in [0, 0.1) is 6.92 Å². The molecule has 2 aromatic heterocycles. The van der Waals surface area contributed by atoms with Crippen molar-refractivity contribution in [3.8, 4) is 0 Å². The van der Waals surface area contributed by atoms with Gasteiger partial charge in [0.15, 0.2) is 0 Å². The molecule has 0 saturated carbocycles.